The summed E-state index contributed by atoms with van der Waals surface area (Å²) in [6.45, 7) is 3.89. The lowest BCUT2D eigenvalue weighted by molar-refractivity contribution is 0.313. The van der Waals surface area contributed by atoms with Gasteiger partial charge in [-0.25, -0.2) is 0 Å². The quantitative estimate of drug-likeness (QED) is 0.720. The molecule has 2 heteroatoms. The number of rotatable bonds is 6. The summed E-state index contributed by atoms with van der Waals surface area (Å²) in [5.41, 5.74) is 1.34. The zero-order chi connectivity index (χ0) is 10.5. The van der Waals surface area contributed by atoms with Gasteiger partial charge in [0.15, 0.2) is 0 Å². The van der Waals surface area contributed by atoms with Crippen molar-refractivity contribution in [3.05, 3.63) is 29.8 Å². The second kappa shape index (κ2) is 5.17. The third kappa shape index (κ3) is 3.56. The predicted octanol–water partition coefficient (Wildman–Crippen LogP) is 2.38. The first-order valence-electron chi connectivity index (χ1n) is 5.83. The van der Waals surface area contributed by atoms with Crippen LogP contribution in [0.3, 0.4) is 0 Å². The number of hydrogen-bond acceptors (Lipinski definition) is 2. The molecular formula is C13H19NO. The van der Waals surface area contributed by atoms with Gasteiger partial charge in [0.1, 0.15) is 12.4 Å². The second-order valence-corrected chi connectivity index (χ2v) is 4.08. The molecule has 0 spiro atoms. The van der Waals surface area contributed by atoms with Crippen molar-refractivity contribution in [3.8, 4) is 5.75 Å². The van der Waals surface area contributed by atoms with Crippen LogP contribution in [0.5, 0.6) is 5.75 Å². The van der Waals surface area contributed by atoms with E-state index in [4.69, 9.17) is 4.74 Å². The Bertz CT molecular complexity index is 307. The highest BCUT2D eigenvalue weighted by Gasteiger charge is 2.19. The van der Waals surface area contributed by atoms with Gasteiger partial charge in [-0.2, -0.15) is 0 Å². The Morgan fingerprint density at radius 3 is 3.00 bits per heavy atom. The fraction of sp³-hybridized carbons (Fsp3) is 0.538. The van der Waals surface area contributed by atoms with E-state index in [9.17, 15) is 0 Å². The van der Waals surface area contributed by atoms with Gasteiger partial charge >= 0.3 is 0 Å². The van der Waals surface area contributed by atoms with Crippen LogP contribution >= 0.6 is 0 Å². The van der Waals surface area contributed by atoms with Gasteiger partial charge in [-0.15, -0.1) is 0 Å². The van der Waals surface area contributed by atoms with Crippen LogP contribution in [0, 0.1) is 0 Å². The van der Waals surface area contributed by atoms with Gasteiger partial charge in [0.05, 0.1) is 0 Å². The van der Waals surface area contributed by atoms with Crippen molar-refractivity contribution >= 4 is 0 Å². The topological polar surface area (TPSA) is 21.3 Å². The number of ether oxygens (including phenoxy) is 1. The van der Waals surface area contributed by atoms with Crippen LogP contribution in [-0.2, 0) is 6.42 Å². The largest absolute Gasteiger partial charge is 0.492 e. The molecule has 0 aliphatic heterocycles. The molecule has 0 aromatic heterocycles. The predicted molar refractivity (Wildman–Crippen MR) is 62.3 cm³/mol. The maximum absolute atomic E-state index is 5.66. The lowest BCUT2D eigenvalue weighted by atomic mass is 10.2. The average molecular weight is 205 g/mol. The third-order valence-corrected chi connectivity index (χ3v) is 2.69. The van der Waals surface area contributed by atoms with E-state index in [1.165, 1.54) is 18.4 Å². The number of aryl methyl sites for hydroxylation is 1. The van der Waals surface area contributed by atoms with E-state index in [1.54, 1.807) is 0 Å². The molecule has 1 aliphatic carbocycles. The highest BCUT2D eigenvalue weighted by molar-refractivity contribution is 5.28. The van der Waals surface area contributed by atoms with Gasteiger partial charge in [0.25, 0.3) is 0 Å². The van der Waals surface area contributed by atoms with Gasteiger partial charge in [-0.1, -0.05) is 19.1 Å². The van der Waals surface area contributed by atoms with Crippen LogP contribution in [0.2, 0.25) is 0 Å². The molecule has 2 rings (SSSR count). The Balaban J connectivity index is 1.71. The molecule has 1 aromatic rings. The number of hydrogen-bond donors (Lipinski definition) is 1. The molecule has 1 saturated carbocycles. The van der Waals surface area contributed by atoms with E-state index in [-0.39, 0.29) is 0 Å². The molecule has 82 valence electrons. The van der Waals surface area contributed by atoms with E-state index in [0.717, 1.165) is 31.4 Å². The standard InChI is InChI=1S/C13H19NO/c1-2-11-4-3-5-13(10-11)15-9-8-14-12-6-7-12/h3-5,10,12,14H,2,6-9H2,1H3. The molecule has 0 unspecified atom stereocenters. The highest BCUT2D eigenvalue weighted by Crippen LogP contribution is 2.18. The molecule has 1 aliphatic rings. The normalized spacial score (nSPS) is 15.3. The van der Waals surface area contributed by atoms with Crippen molar-refractivity contribution in [1.29, 1.82) is 0 Å². The summed E-state index contributed by atoms with van der Waals surface area (Å²) in [6.07, 6.45) is 3.74. The van der Waals surface area contributed by atoms with Crippen molar-refractivity contribution < 1.29 is 4.74 Å². The Labute approximate surface area is 91.6 Å². The van der Waals surface area contributed by atoms with Gasteiger partial charge in [-0.05, 0) is 37.0 Å². The summed E-state index contributed by atoms with van der Waals surface area (Å²) in [5.74, 6) is 0.993. The summed E-state index contributed by atoms with van der Waals surface area (Å²) >= 11 is 0. The molecule has 0 radical (unpaired) electrons. The van der Waals surface area contributed by atoms with Gasteiger partial charge in [0, 0.05) is 12.6 Å². The molecule has 1 fully saturated rings. The summed E-state index contributed by atoms with van der Waals surface area (Å²) in [5, 5.41) is 3.43. The van der Waals surface area contributed by atoms with Gasteiger partial charge in [0.2, 0.25) is 0 Å². The fourth-order valence-corrected chi connectivity index (χ4v) is 1.57. The maximum Gasteiger partial charge on any atom is 0.119 e. The molecule has 1 aromatic carbocycles. The average Bonchev–Trinajstić information content (AvgIpc) is 3.09. The smallest absolute Gasteiger partial charge is 0.119 e. The molecule has 2 nitrogen and oxygen atoms in total. The van der Waals surface area contributed by atoms with Crippen LogP contribution in [-0.4, -0.2) is 19.2 Å². The van der Waals surface area contributed by atoms with Crippen LogP contribution in [0.25, 0.3) is 0 Å². The van der Waals surface area contributed by atoms with Crippen LogP contribution in [0.4, 0.5) is 0 Å². The van der Waals surface area contributed by atoms with Crippen LogP contribution in [0.15, 0.2) is 24.3 Å². The van der Waals surface area contributed by atoms with Crippen LogP contribution in [0.1, 0.15) is 25.3 Å². The zero-order valence-electron chi connectivity index (χ0n) is 9.33. The van der Waals surface area contributed by atoms with Gasteiger partial charge in [-0.3, -0.25) is 0 Å². The van der Waals surface area contributed by atoms with Gasteiger partial charge < -0.3 is 10.1 Å². The first-order chi connectivity index (χ1) is 7.38. The minimum atomic E-state index is 0.768. The molecule has 0 heterocycles. The Morgan fingerprint density at radius 1 is 1.40 bits per heavy atom. The monoisotopic (exact) mass is 205 g/mol. The lowest BCUT2D eigenvalue weighted by Gasteiger charge is -2.07. The Kier molecular flexibility index (Phi) is 3.62. The maximum atomic E-state index is 5.66. The molecule has 15 heavy (non-hydrogen) atoms. The summed E-state index contributed by atoms with van der Waals surface area (Å²) < 4.78 is 5.66. The Morgan fingerprint density at radius 2 is 2.27 bits per heavy atom. The van der Waals surface area contributed by atoms with E-state index in [0.29, 0.717) is 0 Å². The number of nitrogens with one attached hydrogen (secondary N) is 1. The zero-order valence-corrected chi connectivity index (χ0v) is 9.33. The highest BCUT2D eigenvalue weighted by atomic mass is 16.5. The molecule has 1 N–H and O–H groups in total. The van der Waals surface area contributed by atoms with Crippen molar-refractivity contribution in [1.82, 2.24) is 5.32 Å². The molecule has 0 atom stereocenters. The molecule has 0 bridgehead atoms. The SMILES string of the molecule is CCc1cccc(OCCNC2CC2)c1. The van der Waals surface area contributed by atoms with E-state index < -0.39 is 0 Å². The second-order valence-electron chi connectivity index (χ2n) is 4.08. The summed E-state index contributed by atoms with van der Waals surface area (Å²) in [7, 11) is 0. The minimum absolute atomic E-state index is 0.768. The minimum Gasteiger partial charge on any atom is -0.492 e. The summed E-state index contributed by atoms with van der Waals surface area (Å²) in [6, 6.07) is 9.11. The molecular weight excluding hydrogens is 186 g/mol. The lowest BCUT2D eigenvalue weighted by Crippen LogP contribution is -2.22. The van der Waals surface area contributed by atoms with Crippen molar-refractivity contribution in [2.24, 2.45) is 0 Å². The van der Waals surface area contributed by atoms with Crippen LogP contribution < -0.4 is 10.1 Å². The fourth-order valence-electron chi connectivity index (χ4n) is 1.57. The van der Waals surface area contributed by atoms with E-state index >= 15 is 0 Å². The van der Waals surface area contributed by atoms with E-state index in [2.05, 4.69) is 30.4 Å². The molecule has 0 amide bonds. The first kappa shape index (κ1) is 10.5. The summed E-state index contributed by atoms with van der Waals surface area (Å²) in [4.78, 5) is 0. The number of benzene rings is 1. The third-order valence-electron chi connectivity index (χ3n) is 2.69. The van der Waals surface area contributed by atoms with Crippen molar-refractivity contribution in [2.75, 3.05) is 13.2 Å². The Hall–Kier alpha value is -1.02. The van der Waals surface area contributed by atoms with Crippen molar-refractivity contribution in [2.45, 2.75) is 32.2 Å². The first-order valence-corrected chi connectivity index (χ1v) is 5.83. The van der Waals surface area contributed by atoms with Crippen molar-refractivity contribution in [3.63, 3.8) is 0 Å². The molecule has 0 saturated heterocycles. The van der Waals surface area contributed by atoms with E-state index in [1.807, 2.05) is 6.07 Å².